The zero-order valence-electron chi connectivity index (χ0n) is 15.0. The second kappa shape index (κ2) is 6.22. The number of hydrogen-bond donors (Lipinski definition) is 1. The van der Waals surface area contributed by atoms with Crippen LogP contribution in [0, 0.1) is 5.41 Å². The molecule has 0 amide bonds. The molecule has 1 atom stereocenters. The van der Waals surface area contributed by atoms with E-state index >= 15 is 0 Å². The van der Waals surface area contributed by atoms with Crippen LogP contribution in [0.25, 0.3) is 11.0 Å². The fourth-order valence-electron chi connectivity index (χ4n) is 2.64. The van der Waals surface area contributed by atoms with E-state index in [0.29, 0.717) is 0 Å². The number of fused-ring (bicyclic) bond motifs is 1. The van der Waals surface area contributed by atoms with Gasteiger partial charge >= 0.3 is 0 Å². The molecule has 0 fully saturated rings. The Labute approximate surface area is 142 Å². The Morgan fingerprint density at radius 3 is 2.67 bits per heavy atom. The van der Waals surface area contributed by atoms with Crippen LogP contribution >= 0.6 is 0 Å². The molecule has 0 bridgehead atoms. The maximum atomic E-state index is 4.71. The number of hydrogen-bond acceptors (Lipinski definition) is 5. The van der Waals surface area contributed by atoms with Crippen molar-refractivity contribution in [2.75, 3.05) is 5.32 Å². The lowest BCUT2D eigenvalue weighted by Crippen LogP contribution is -2.38. The van der Waals surface area contributed by atoms with Crippen LogP contribution in [0.1, 0.15) is 33.5 Å². The fraction of sp³-hybridized carbons (Fsp3) is 0.529. The van der Waals surface area contributed by atoms with Crippen LogP contribution in [-0.2, 0) is 20.0 Å². The standard InChI is InChI=1S/C17H25N7/c1-6-14-21-15(12-9-19-23(5)16(12)22-14)20-13(17(2,3)4)10-24-8-7-18-11-24/h7-9,11,13H,6,10H2,1-5H3,(H,20,21,22). The highest BCUT2D eigenvalue weighted by Gasteiger charge is 2.26. The van der Waals surface area contributed by atoms with Gasteiger partial charge in [-0.1, -0.05) is 27.7 Å². The minimum absolute atomic E-state index is 0.0517. The maximum Gasteiger partial charge on any atom is 0.163 e. The van der Waals surface area contributed by atoms with Crippen LogP contribution in [0.4, 0.5) is 5.82 Å². The first-order chi connectivity index (χ1) is 11.4. The van der Waals surface area contributed by atoms with E-state index in [1.807, 2.05) is 25.8 Å². The van der Waals surface area contributed by atoms with Crippen molar-refractivity contribution in [3.8, 4) is 0 Å². The van der Waals surface area contributed by atoms with Crippen molar-refractivity contribution in [3.05, 3.63) is 30.7 Å². The molecule has 0 aliphatic heterocycles. The average Bonchev–Trinajstić information content (AvgIpc) is 3.16. The van der Waals surface area contributed by atoms with Gasteiger partial charge in [0.05, 0.1) is 24.0 Å². The highest BCUT2D eigenvalue weighted by molar-refractivity contribution is 5.86. The normalized spacial score (nSPS) is 13.4. The van der Waals surface area contributed by atoms with Crippen LogP contribution in [-0.4, -0.2) is 35.3 Å². The third-order valence-corrected chi connectivity index (χ3v) is 4.26. The molecule has 0 aliphatic rings. The molecule has 7 heteroatoms. The summed E-state index contributed by atoms with van der Waals surface area (Å²) < 4.78 is 3.88. The van der Waals surface area contributed by atoms with Gasteiger partial charge in [-0.05, 0) is 5.41 Å². The van der Waals surface area contributed by atoms with Crippen LogP contribution < -0.4 is 5.32 Å². The van der Waals surface area contributed by atoms with Crippen molar-refractivity contribution in [1.82, 2.24) is 29.3 Å². The number of aryl methyl sites for hydroxylation is 2. The van der Waals surface area contributed by atoms with Crippen LogP contribution in [0.3, 0.4) is 0 Å². The van der Waals surface area contributed by atoms with Gasteiger partial charge in [0, 0.05) is 32.4 Å². The van der Waals surface area contributed by atoms with Gasteiger partial charge in [0.25, 0.3) is 0 Å². The quantitative estimate of drug-likeness (QED) is 0.780. The molecule has 24 heavy (non-hydrogen) atoms. The summed E-state index contributed by atoms with van der Waals surface area (Å²) in [6, 6.07) is 0.190. The van der Waals surface area contributed by atoms with E-state index in [9.17, 15) is 0 Å². The van der Waals surface area contributed by atoms with Crippen molar-refractivity contribution >= 4 is 16.9 Å². The van der Waals surface area contributed by atoms with Crippen LogP contribution in [0.5, 0.6) is 0 Å². The number of nitrogens with zero attached hydrogens (tertiary/aromatic N) is 6. The molecule has 3 rings (SSSR count). The molecular formula is C17H25N7. The first kappa shape index (κ1) is 16.4. The van der Waals surface area contributed by atoms with Crippen molar-refractivity contribution in [2.24, 2.45) is 12.5 Å². The molecule has 0 radical (unpaired) electrons. The van der Waals surface area contributed by atoms with Crippen molar-refractivity contribution in [2.45, 2.75) is 46.7 Å². The summed E-state index contributed by atoms with van der Waals surface area (Å²) in [5.74, 6) is 1.67. The number of aromatic nitrogens is 6. The van der Waals surface area contributed by atoms with Gasteiger partial charge in [-0.25, -0.2) is 15.0 Å². The van der Waals surface area contributed by atoms with E-state index in [-0.39, 0.29) is 11.5 Å². The maximum absolute atomic E-state index is 4.71. The Balaban J connectivity index is 1.98. The highest BCUT2D eigenvalue weighted by atomic mass is 15.3. The third-order valence-electron chi connectivity index (χ3n) is 4.26. The molecule has 128 valence electrons. The number of rotatable bonds is 5. The predicted octanol–water partition coefficient (Wildman–Crippen LogP) is 2.65. The molecule has 3 aromatic rings. The lowest BCUT2D eigenvalue weighted by atomic mass is 9.86. The zero-order chi connectivity index (χ0) is 17.3. The largest absolute Gasteiger partial charge is 0.364 e. The van der Waals surface area contributed by atoms with E-state index in [1.54, 1.807) is 10.9 Å². The Morgan fingerprint density at radius 1 is 1.25 bits per heavy atom. The topological polar surface area (TPSA) is 73.5 Å². The number of nitrogens with one attached hydrogen (secondary N) is 1. The second-order valence-corrected chi connectivity index (χ2v) is 7.17. The molecule has 0 spiro atoms. The van der Waals surface area contributed by atoms with Gasteiger partial charge in [0.2, 0.25) is 0 Å². The van der Waals surface area contributed by atoms with Gasteiger partial charge in [0.15, 0.2) is 5.65 Å². The summed E-state index contributed by atoms with van der Waals surface area (Å²) in [4.78, 5) is 13.4. The minimum Gasteiger partial charge on any atom is -0.364 e. The second-order valence-electron chi connectivity index (χ2n) is 7.17. The van der Waals surface area contributed by atoms with Gasteiger partial charge in [0.1, 0.15) is 11.6 Å². The highest BCUT2D eigenvalue weighted by Crippen LogP contribution is 2.27. The molecule has 1 N–H and O–H groups in total. The summed E-state index contributed by atoms with van der Waals surface area (Å²) in [5, 5.41) is 8.92. The predicted molar refractivity (Wildman–Crippen MR) is 94.8 cm³/mol. The summed E-state index contributed by atoms with van der Waals surface area (Å²) in [7, 11) is 1.91. The molecule has 1 unspecified atom stereocenters. The molecule has 0 aromatic carbocycles. The molecular weight excluding hydrogens is 302 g/mol. The number of anilines is 1. The monoisotopic (exact) mass is 327 g/mol. The van der Waals surface area contributed by atoms with E-state index in [1.165, 1.54) is 0 Å². The Bertz CT molecular complexity index is 811. The van der Waals surface area contributed by atoms with Gasteiger partial charge < -0.3 is 9.88 Å². The van der Waals surface area contributed by atoms with E-state index < -0.39 is 0 Å². The lowest BCUT2D eigenvalue weighted by molar-refractivity contribution is 0.311. The molecule has 7 nitrogen and oxygen atoms in total. The first-order valence-corrected chi connectivity index (χ1v) is 8.29. The Kier molecular flexibility index (Phi) is 4.26. The zero-order valence-corrected chi connectivity index (χ0v) is 15.0. The Morgan fingerprint density at radius 2 is 2.04 bits per heavy atom. The van der Waals surface area contributed by atoms with Gasteiger partial charge in [-0.15, -0.1) is 0 Å². The Hall–Kier alpha value is -2.44. The van der Waals surface area contributed by atoms with Crippen molar-refractivity contribution < 1.29 is 0 Å². The summed E-state index contributed by atoms with van der Waals surface area (Å²) >= 11 is 0. The van der Waals surface area contributed by atoms with E-state index in [0.717, 1.165) is 35.6 Å². The SMILES string of the molecule is CCc1nc(NC(Cn2ccnc2)C(C)(C)C)c2cnn(C)c2n1. The minimum atomic E-state index is 0.0517. The molecule has 3 aromatic heterocycles. The van der Waals surface area contributed by atoms with Gasteiger partial charge in [-0.3, -0.25) is 4.68 Å². The first-order valence-electron chi connectivity index (χ1n) is 8.29. The smallest absolute Gasteiger partial charge is 0.163 e. The third kappa shape index (κ3) is 3.25. The van der Waals surface area contributed by atoms with Crippen molar-refractivity contribution in [3.63, 3.8) is 0 Å². The molecule has 3 heterocycles. The van der Waals surface area contributed by atoms with Crippen LogP contribution in [0.15, 0.2) is 24.9 Å². The summed E-state index contributed by atoms with van der Waals surface area (Å²) in [6.07, 6.45) is 8.25. The van der Waals surface area contributed by atoms with Gasteiger partial charge in [-0.2, -0.15) is 5.10 Å². The molecule has 0 aliphatic carbocycles. The van der Waals surface area contributed by atoms with Crippen molar-refractivity contribution in [1.29, 1.82) is 0 Å². The van der Waals surface area contributed by atoms with E-state index in [4.69, 9.17) is 4.98 Å². The molecule has 0 saturated carbocycles. The summed E-state index contributed by atoms with van der Waals surface area (Å²) in [5.41, 5.74) is 0.912. The van der Waals surface area contributed by atoms with E-state index in [2.05, 4.69) is 52.6 Å². The lowest BCUT2D eigenvalue weighted by Gasteiger charge is -2.32. The molecule has 0 saturated heterocycles. The summed E-state index contributed by atoms with van der Waals surface area (Å²) in [6.45, 7) is 9.56. The number of imidazole rings is 1. The van der Waals surface area contributed by atoms with Crippen LogP contribution in [0.2, 0.25) is 0 Å². The average molecular weight is 327 g/mol. The fourth-order valence-corrected chi connectivity index (χ4v) is 2.64.